The van der Waals surface area contributed by atoms with Gasteiger partial charge in [0.05, 0.1) is 26.4 Å². The van der Waals surface area contributed by atoms with E-state index in [-0.39, 0.29) is 25.7 Å². The topological polar surface area (TPSA) is 237 Å². The number of unbranched alkanes of at least 4 members (excludes halogenated alkanes) is 35. The molecule has 0 amide bonds. The third-order valence-corrected chi connectivity index (χ3v) is 19.7. The Morgan fingerprint density at radius 3 is 0.763 bits per heavy atom. The molecule has 5 unspecified atom stereocenters. The number of hydrogen-bond donors (Lipinski definition) is 3. The predicted octanol–water partition coefficient (Wildman–Crippen LogP) is 21.3. The van der Waals surface area contributed by atoms with Crippen LogP contribution in [0.4, 0.5) is 0 Å². The van der Waals surface area contributed by atoms with Gasteiger partial charge in [-0.2, -0.15) is 0 Å². The Labute approximate surface area is 568 Å². The van der Waals surface area contributed by atoms with Crippen LogP contribution in [0.2, 0.25) is 0 Å². The molecule has 17 nitrogen and oxygen atoms in total. The normalized spacial score (nSPS) is 14.8. The molecule has 0 heterocycles. The van der Waals surface area contributed by atoms with Gasteiger partial charge < -0.3 is 33.8 Å². The summed E-state index contributed by atoms with van der Waals surface area (Å²) < 4.78 is 68.4. The van der Waals surface area contributed by atoms with Crippen molar-refractivity contribution in [3.05, 3.63) is 0 Å². The smallest absolute Gasteiger partial charge is 0.462 e. The minimum absolute atomic E-state index is 0.103. The first-order valence-electron chi connectivity index (χ1n) is 38.3. The van der Waals surface area contributed by atoms with Crippen molar-refractivity contribution in [2.45, 2.75) is 388 Å². The van der Waals surface area contributed by atoms with Crippen LogP contribution in [0.1, 0.15) is 370 Å². The average molecular weight is 1370 g/mol. The van der Waals surface area contributed by atoms with Gasteiger partial charge in [0.2, 0.25) is 0 Å². The largest absolute Gasteiger partial charge is 0.472 e. The monoisotopic (exact) mass is 1370 g/mol. The minimum atomic E-state index is -4.96. The number of carbonyl (C=O) groups is 4. The van der Waals surface area contributed by atoms with Gasteiger partial charge in [0.15, 0.2) is 12.2 Å². The molecule has 93 heavy (non-hydrogen) atoms. The Morgan fingerprint density at radius 2 is 0.516 bits per heavy atom. The lowest BCUT2D eigenvalue weighted by Gasteiger charge is -2.21. The summed E-state index contributed by atoms with van der Waals surface area (Å²) in [6.45, 7) is 14.2. The maximum absolute atomic E-state index is 13.1. The molecule has 0 bridgehead atoms. The Kier molecular flexibility index (Phi) is 62.2. The van der Waals surface area contributed by atoms with Crippen LogP contribution in [0, 0.1) is 23.7 Å². The lowest BCUT2D eigenvalue weighted by atomic mass is 9.99. The second kappa shape index (κ2) is 63.5. The fourth-order valence-electron chi connectivity index (χ4n) is 11.1. The van der Waals surface area contributed by atoms with Crippen molar-refractivity contribution in [1.29, 1.82) is 0 Å². The van der Waals surface area contributed by atoms with Gasteiger partial charge in [-0.3, -0.25) is 37.3 Å². The molecule has 3 N–H and O–H groups in total. The summed E-state index contributed by atoms with van der Waals surface area (Å²) in [4.78, 5) is 72.7. The van der Waals surface area contributed by atoms with E-state index in [0.717, 1.165) is 114 Å². The van der Waals surface area contributed by atoms with E-state index < -0.39 is 97.5 Å². The average Bonchev–Trinajstić information content (AvgIpc) is 3.59. The highest BCUT2D eigenvalue weighted by Gasteiger charge is 2.30. The van der Waals surface area contributed by atoms with Crippen LogP contribution in [0.5, 0.6) is 0 Å². The molecule has 0 spiro atoms. The van der Waals surface area contributed by atoms with Crippen LogP contribution < -0.4 is 0 Å². The minimum Gasteiger partial charge on any atom is -0.462 e. The van der Waals surface area contributed by atoms with E-state index in [4.69, 9.17) is 37.0 Å². The SMILES string of the molecule is CCC(C)CCCCCCCCCCCCCCCCC(=O)OC[C@H](COP(=O)(O)OCC(O)COP(=O)(O)OC[C@@H](COC(=O)CCCCCCCCCC(C)C)OC(=O)CCCCCCCCCCC(C)C)OC(=O)CCCCCCCCCCCCC(C)CC. The van der Waals surface area contributed by atoms with E-state index in [1.54, 1.807) is 0 Å². The van der Waals surface area contributed by atoms with Gasteiger partial charge in [0.25, 0.3) is 0 Å². The van der Waals surface area contributed by atoms with Crippen molar-refractivity contribution in [2.24, 2.45) is 23.7 Å². The van der Waals surface area contributed by atoms with Crippen LogP contribution in [0.15, 0.2) is 0 Å². The summed E-state index contributed by atoms with van der Waals surface area (Å²) in [5, 5.41) is 10.6. The van der Waals surface area contributed by atoms with Crippen molar-refractivity contribution >= 4 is 39.5 Å². The standard InChI is InChI=1S/C74H144O17P2/c1-9-66(7)52-44-36-28-19-15-13-11-12-14-16-21-30-38-46-54-71(76)84-60-69(90-73(78)56-48-40-31-22-18-17-20-29-37-45-53-67(8)10-2)62-88-92(80,81)86-58-68(75)59-87-93(82,83)89-63-70(61-85-72(77)55-47-39-33-25-27-35-43-51-65(5)6)91-74(79)57-49-41-32-24-23-26-34-42-50-64(3)4/h64-70,75H,9-63H2,1-8H3,(H,80,81)(H,82,83)/t66?,67?,68?,69-,70-/m1/s1. The number of aliphatic hydroxyl groups excluding tert-OH is 1. The number of rotatable bonds is 71. The van der Waals surface area contributed by atoms with Crippen LogP contribution in [0.25, 0.3) is 0 Å². The van der Waals surface area contributed by atoms with Gasteiger partial charge in [0, 0.05) is 25.7 Å². The van der Waals surface area contributed by atoms with Crippen LogP contribution in [0.3, 0.4) is 0 Å². The zero-order valence-electron chi connectivity index (χ0n) is 60.9. The molecule has 0 aromatic heterocycles. The molecule has 0 aliphatic rings. The summed E-state index contributed by atoms with van der Waals surface area (Å²) in [5.74, 6) is 0.950. The summed E-state index contributed by atoms with van der Waals surface area (Å²) in [5.41, 5.74) is 0. The van der Waals surface area contributed by atoms with Crippen LogP contribution in [-0.4, -0.2) is 96.7 Å². The molecule has 0 aromatic carbocycles. The Balaban J connectivity index is 5.24. The fraction of sp³-hybridized carbons (Fsp3) is 0.946. The molecule has 0 saturated heterocycles. The lowest BCUT2D eigenvalue weighted by molar-refractivity contribution is -0.161. The Bertz CT molecular complexity index is 1840. The number of hydrogen-bond acceptors (Lipinski definition) is 15. The highest BCUT2D eigenvalue weighted by atomic mass is 31.2. The van der Waals surface area contributed by atoms with Gasteiger partial charge in [0.1, 0.15) is 19.3 Å². The number of esters is 4. The van der Waals surface area contributed by atoms with Gasteiger partial charge in [-0.1, -0.05) is 319 Å². The molecule has 0 aromatic rings. The lowest BCUT2D eigenvalue weighted by Crippen LogP contribution is -2.30. The Hall–Kier alpha value is -1.94. The van der Waals surface area contributed by atoms with Crippen molar-refractivity contribution in [3.63, 3.8) is 0 Å². The zero-order chi connectivity index (χ0) is 68.9. The molecular formula is C74H144O17P2. The third-order valence-electron chi connectivity index (χ3n) is 17.8. The molecule has 0 aliphatic carbocycles. The van der Waals surface area contributed by atoms with Gasteiger partial charge in [-0.25, -0.2) is 9.13 Å². The molecule has 0 saturated carbocycles. The van der Waals surface area contributed by atoms with E-state index in [9.17, 15) is 43.2 Å². The first-order valence-corrected chi connectivity index (χ1v) is 41.3. The van der Waals surface area contributed by atoms with E-state index in [0.29, 0.717) is 31.6 Å². The summed E-state index contributed by atoms with van der Waals surface area (Å²) in [6.07, 6.45) is 47.2. The number of phosphoric acid groups is 2. The van der Waals surface area contributed by atoms with Crippen molar-refractivity contribution < 1.29 is 80.2 Å². The van der Waals surface area contributed by atoms with Crippen molar-refractivity contribution in [3.8, 4) is 0 Å². The molecule has 0 radical (unpaired) electrons. The van der Waals surface area contributed by atoms with Gasteiger partial charge in [-0.15, -0.1) is 0 Å². The molecule has 0 fully saturated rings. The number of ether oxygens (including phenoxy) is 4. The molecule has 19 heteroatoms. The molecule has 0 aliphatic heterocycles. The highest BCUT2D eigenvalue weighted by molar-refractivity contribution is 7.47. The fourth-order valence-corrected chi connectivity index (χ4v) is 12.7. The number of carbonyl (C=O) groups excluding carboxylic acids is 4. The quantitative estimate of drug-likeness (QED) is 0.0222. The Morgan fingerprint density at radius 1 is 0.301 bits per heavy atom. The second-order valence-electron chi connectivity index (χ2n) is 28.1. The van der Waals surface area contributed by atoms with Crippen molar-refractivity contribution in [2.75, 3.05) is 39.6 Å². The first kappa shape index (κ1) is 91.1. The number of phosphoric ester groups is 2. The van der Waals surface area contributed by atoms with Crippen LogP contribution >= 0.6 is 15.6 Å². The highest BCUT2D eigenvalue weighted by Crippen LogP contribution is 2.45. The van der Waals surface area contributed by atoms with Gasteiger partial charge >= 0.3 is 39.5 Å². The number of aliphatic hydroxyl groups is 1. The van der Waals surface area contributed by atoms with Crippen LogP contribution in [-0.2, 0) is 65.4 Å². The first-order chi connectivity index (χ1) is 44.7. The van der Waals surface area contributed by atoms with E-state index in [1.807, 2.05) is 0 Å². The van der Waals surface area contributed by atoms with E-state index >= 15 is 0 Å². The molecule has 0 rings (SSSR count). The van der Waals surface area contributed by atoms with E-state index in [1.165, 1.54) is 167 Å². The molecule has 7 atom stereocenters. The summed E-state index contributed by atoms with van der Waals surface area (Å²) in [7, 11) is -9.91. The summed E-state index contributed by atoms with van der Waals surface area (Å²) >= 11 is 0. The maximum Gasteiger partial charge on any atom is 0.472 e. The molecule has 552 valence electrons. The van der Waals surface area contributed by atoms with Gasteiger partial charge in [-0.05, 0) is 49.4 Å². The zero-order valence-corrected chi connectivity index (χ0v) is 62.7. The maximum atomic E-state index is 13.1. The second-order valence-corrected chi connectivity index (χ2v) is 31.0. The van der Waals surface area contributed by atoms with E-state index in [2.05, 4.69) is 55.4 Å². The summed E-state index contributed by atoms with van der Waals surface area (Å²) in [6, 6.07) is 0. The predicted molar refractivity (Wildman–Crippen MR) is 377 cm³/mol. The van der Waals surface area contributed by atoms with Crippen molar-refractivity contribution in [1.82, 2.24) is 0 Å². The third kappa shape index (κ3) is 65.8. The molecular weight excluding hydrogens is 1220 g/mol.